The molecule has 2 aromatic heterocycles. The van der Waals surface area contributed by atoms with Crippen LogP contribution in [0.5, 0.6) is 0 Å². The fraction of sp³-hybridized carbons (Fsp3) is 0.375. The standard InChI is InChI=1S/C32H36FN5O6/c1-6-7-11-25(30(42)34-22-12-13-23-19(4)24(16-28(39)40)31(43)44-26(23)15-22)38-17-27(36-37-38)32(5,18(2)3)35-29(41)20-9-8-10-21(33)14-20/h8-10,12-15,17-18,25H,6-7,11,16H2,1-5H3,(H,34,42)(H,35,41)(H,39,40)/t25-,32-/m0/s1. The van der Waals surface area contributed by atoms with Gasteiger partial charge in [-0.25, -0.2) is 13.9 Å². The summed E-state index contributed by atoms with van der Waals surface area (Å²) in [6, 6.07) is 9.51. The number of unbranched alkanes of at least 4 members (excludes halogenated alkanes) is 1. The number of carboxylic acids is 1. The van der Waals surface area contributed by atoms with Gasteiger partial charge in [0.25, 0.3) is 5.91 Å². The van der Waals surface area contributed by atoms with E-state index < -0.39 is 41.3 Å². The highest BCUT2D eigenvalue weighted by atomic mass is 19.1. The number of amides is 2. The number of nitrogens with zero attached hydrogens (tertiary/aromatic N) is 3. The van der Waals surface area contributed by atoms with Crippen molar-refractivity contribution >= 4 is 34.4 Å². The number of aliphatic carboxylic acids is 1. The molecule has 4 rings (SSSR count). The zero-order chi connectivity index (χ0) is 32.2. The van der Waals surface area contributed by atoms with Crippen LogP contribution in [0.4, 0.5) is 10.1 Å². The molecule has 0 bridgehead atoms. The third kappa shape index (κ3) is 6.85. The second-order valence-electron chi connectivity index (χ2n) is 11.3. The molecule has 12 heteroatoms. The van der Waals surface area contributed by atoms with E-state index in [1.807, 2.05) is 20.8 Å². The van der Waals surface area contributed by atoms with Crippen LogP contribution in [0.2, 0.25) is 0 Å². The molecule has 2 aromatic carbocycles. The largest absolute Gasteiger partial charge is 0.481 e. The molecule has 0 spiro atoms. The minimum Gasteiger partial charge on any atom is -0.481 e. The van der Waals surface area contributed by atoms with Gasteiger partial charge in [-0.3, -0.25) is 14.4 Å². The van der Waals surface area contributed by atoms with E-state index in [4.69, 9.17) is 9.52 Å². The highest BCUT2D eigenvalue weighted by Crippen LogP contribution is 2.30. The molecule has 0 radical (unpaired) electrons. The molecule has 11 nitrogen and oxygen atoms in total. The Bertz CT molecular complexity index is 1760. The van der Waals surface area contributed by atoms with E-state index in [0.717, 1.165) is 18.9 Å². The van der Waals surface area contributed by atoms with Crippen molar-refractivity contribution in [2.75, 3.05) is 5.32 Å². The molecule has 2 heterocycles. The number of benzene rings is 2. The average molecular weight is 606 g/mol. The Kier molecular flexibility index (Phi) is 9.61. The molecule has 0 aliphatic carbocycles. The Balaban J connectivity index is 1.60. The van der Waals surface area contributed by atoms with Gasteiger partial charge in [0.2, 0.25) is 5.91 Å². The van der Waals surface area contributed by atoms with Gasteiger partial charge < -0.3 is 20.2 Å². The molecule has 0 saturated carbocycles. The van der Waals surface area contributed by atoms with E-state index in [1.54, 1.807) is 32.2 Å². The fourth-order valence-corrected chi connectivity index (χ4v) is 4.94. The quantitative estimate of drug-likeness (QED) is 0.188. The number of rotatable bonds is 12. The molecule has 2 amide bonds. The SMILES string of the molecule is CCCC[C@@H](C(=O)Nc1ccc2c(C)c(CC(=O)O)c(=O)oc2c1)n1cc([C@@](C)(NC(=O)c2cccc(F)c2)C(C)C)nn1. The van der Waals surface area contributed by atoms with Crippen LogP contribution in [0.1, 0.15) is 80.2 Å². The summed E-state index contributed by atoms with van der Waals surface area (Å²) < 4.78 is 20.6. The maximum absolute atomic E-state index is 13.8. The molecular weight excluding hydrogens is 569 g/mol. The number of aryl methyl sites for hydroxylation is 1. The van der Waals surface area contributed by atoms with Gasteiger partial charge in [0.05, 0.1) is 23.7 Å². The average Bonchev–Trinajstić information content (AvgIpc) is 3.45. The number of hydrogen-bond acceptors (Lipinski definition) is 7. The van der Waals surface area contributed by atoms with E-state index in [0.29, 0.717) is 28.8 Å². The lowest BCUT2D eigenvalue weighted by molar-refractivity contribution is -0.136. The summed E-state index contributed by atoms with van der Waals surface area (Å²) in [5.74, 6) is -2.64. The summed E-state index contributed by atoms with van der Waals surface area (Å²) in [6.07, 6.45) is 3.20. The number of carbonyl (C=O) groups excluding carboxylic acids is 2. The van der Waals surface area contributed by atoms with Crippen molar-refractivity contribution in [3.05, 3.63) is 87.3 Å². The molecule has 0 saturated heterocycles. The van der Waals surface area contributed by atoms with Gasteiger partial charge in [0.1, 0.15) is 23.1 Å². The van der Waals surface area contributed by atoms with Crippen molar-refractivity contribution in [1.29, 1.82) is 0 Å². The summed E-state index contributed by atoms with van der Waals surface area (Å²) in [7, 11) is 0. The highest BCUT2D eigenvalue weighted by Gasteiger charge is 2.36. The van der Waals surface area contributed by atoms with E-state index in [2.05, 4.69) is 20.9 Å². The zero-order valence-electron chi connectivity index (χ0n) is 25.3. The lowest BCUT2D eigenvalue weighted by Gasteiger charge is -2.33. The van der Waals surface area contributed by atoms with Crippen LogP contribution in [0.3, 0.4) is 0 Å². The van der Waals surface area contributed by atoms with Gasteiger partial charge in [0.15, 0.2) is 0 Å². The Morgan fingerprint density at radius 2 is 1.91 bits per heavy atom. The van der Waals surface area contributed by atoms with Crippen molar-refractivity contribution in [1.82, 2.24) is 20.3 Å². The summed E-state index contributed by atoms with van der Waals surface area (Å²) in [5, 5.41) is 24.1. The Morgan fingerprint density at radius 3 is 2.57 bits per heavy atom. The lowest BCUT2D eigenvalue weighted by Crippen LogP contribution is -2.47. The maximum Gasteiger partial charge on any atom is 0.340 e. The molecule has 3 N–H and O–H groups in total. The number of hydrogen-bond donors (Lipinski definition) is 3. The van der Waals surface area contributed by atoms with E-state index in [1.165, 1.54) is 28.9 Å². The normalized spacial score (nSPS) is 13.4. The maximum atomic E-state index is 13.8. The molecule has 0 aliphatic rings. The van der Waals surface area contributed by atoms with Gasteiger partial charge in [-0.15, -0.1) is 5.10 Å². The first-order valence-corrected chi connectivity index (χ1v) is 14.4. The minimum absolute atomic E-state index is 0.0731. The summed E-state index contributed by atoms with van der Waals surface area (Å²) in [6.45, 7) is 9.29. The highest BCUT2D eigenvalue weighted by molar-refractivity contribution is 5.96. The first kappa shape index (κ1) is 32.1. The second-order valence-corrected chi connectivity index (χ2v) is 11.3. The van der Waals surface area contributed by atoms with Crippen molar-refractivity contribution in [2.24, 2.45) is 5.92 Å². The second kappa shape index (κ2) is 13.2. The molecule has 2 atom stereocenters. The van der Waals surface area contributed by atoms with E-state index in [-0.39, 0.29) is 28.5 Å². The van der Waals surface area contributed by atoms with Crippen LogP contribution in [0, 0.1) is 18.7 Å². The fourth-order valence-electron chi connectivity index (χ4n) is 4.94. The Morgan fingerprint density at radius 1 is 1.16 bits per heavy atom. The first-order valence-electron chi connectivity index (χ1n) is 14.4. The van der Waals surface area contributed by atoms with E-state index >= 15 is 0 Å². The Labute approximate surface area is 253 Å². The molecule has 0 fully saturated rings. The van der Waals surface area contributed by atoms with Gasteiger partial charge in [-0.05, 0) is 62.1 Å². The van der Waals surface area contributed by atoms with Crippen molar-refractivity contribution in [2.45, 2.75) is 71.9 Å². The summed E-state index contributed by atoms with van der Waals surface area (Å²) in [4.78, 5) is 50.2. The van der Waals surface area contributed by atoms with Gasteiger partial charge in [0, 0.05) is 22.7 Å². The van der Waals surface area contributed by atoms with Gasteiger partial charge in [-0.2, -0.15) is 0 Å². The van der Waals surface area contributed by atoms with Crippen LogP contribution in [-0.2, 0) is 21.5 Å². The van der Waals surface area contributed by atoms with Crippen LogP contribution in [-0.4, -0.2) is 37.9 Å². The van der Waals surface area contributed by atoms with Crippen molar-refractivity contribution < 1.29 is 28.3 Å². The van der Waals surface area contributed by atoms with E-state index in [9.17, 15) is 23.6 Å². The first-order chi connectivity index (χ1) is 20.8. The number of carboxylic acid groups (broad SMARTS) is 1. The zero-order valence-corrected chi connectivity index (χ0v) is 25.3. The lowest BCUT2D eigenvalue weighted by atomic mass is 9.85. The number of nitrogens with one attached hydrogen (secondary N) is 2. The number of fused-ring (bicyclic) bond motifs is 1. The number of halogens is 1. The summed E-state index contributed by atoms with van der Waals surface area (Å²) in [5.41, 5.74) is 0.0570. The topological polar surface area (TPSA) is 156 Å². The Hall–Kier alpha value is -4.87. The minimum atomic E-state index is -1.14. The molecule has 44 heavy (non-hydrogen) atoms. The molecule has 0 unspecified atom stereocenters. The van der Waals surface area contributed by atoms with Gasteiger partial charge in [-0.1, -0.05) is 44.9 Å². The third-order valence-electron chi connectivity index (χ3n) is 7.99. The molecule has 0 aliphatic heterocycles. The van der Waals surface area contributed by atoms with Crippen LogP contribution < -0.4 is 16.3 Å². The number of carbonyl (C=O) groups is 3. The van der Waals surface area contributed by atoms with Gasteiger partial charge >= 0.3 is 11.6 Å². The predicted molar refractivity (Wildman–Crippen MR) is 162 cm³/mol. The predicted octanol–water partition coefficient (Wildman–Crippen LogP) is 5.13. The van der Waals surface area contributed by atoms with Crippen LogP contribution >= 0.6 is 0 Å². The number of anilines is 1. The van der Waals surface area contributed by atoms with Crippen LogP contribution in [0.15, 0.2) is 57.9 Å². The van der Waals surface area contributed by atoms with Crippen molar-refractivity contribution in [3.8, 4) is 0 Å². The monoisotopic (exact) mass is 605 g/mol. The third-order valence-corrected chi connectivity index (χ3v) is 7.99. The number of aromatic nitrogens is 3. The van der Waals surface area contributed by atoms with Crippen LogP contribution in [0.25, 0.3) is 11.0 Å². The smallest absolute Gasteiger partial charge is 0.340 e. The molecule has 232 valence electrons. The molecular formula is C32H36FN5O6. The molecule has 4 aromatic rings. The summed E-state index contributed by atoms with van der Waals surface area (Å²) >= 11 is 0. The van der Waals surface area contributed by atoms with Crippen molar-refractivity contribution in [3.63, 3.8) is 0 Å².